The number of carbonyl (C=O) groups excluding carboxylic acids is 1. The Morgan fingerprint density at radius 3 is 2.80 bits per heavy atom. The molecular weight excluding hydrogens is 310 g/mol. The molecule has 0 bridgehead atoms. The summed E-state index contributed by atoms with van der Waals surface area (Å²) in [6.07, 6.45) is 4.00. The number of amides is 1. The van der Waals surface area contributed by atoms with Gasteiger partial charge in [0.25, 0.3) is 0 Å². The van der Waals surface area contributed by atoms with Gasteiger partial charge in [0.1, 0.15) is 0 Å². The van der Waals surface area contributed by atoms with Crippen molar-refractivity contribution in [1.29, 1.82) is 0 Å². The Balaban J connectivity index is 1.59. The normalized spacial score (nSPS) is 11.0. The maximum absolute atomic E-state index is 12.3. The highest BCUT2D eigenvalue weighted by atomic mass is 16.1. The van der Waals surface area contributed by atoms with E-state index >= 15 is 0 Å². The fourth-order valence-electron chi connectivity index (χ4n) is 3.33. The number of nitrogens with zero attached hydrogens (tertiary/aromatic N) is 1. The van der Waals surface area contributed by atoms with E-state index in [-0.39, 0.29) is 5.91 Å². The fraction of sp³-hybridized carbons (Fsp3) is 0.333. The molecule has 0 aliphatic carbocycles. The standard InChI is InChI=1S/C21H25N3O/c1-14-11-15(2)21-19(12-14)18(16(3)24-21)13-20(25)23-10-6-8-17-7-4-5-9-22-17/h4-5,7,9,11-12,24H,6,8,10,13H2,1-3H3,(H,23,25). The van der Waals surface area contributed by atoms with Crippen LogP contribution in [0.15, 0.2) is 36.5 Å². The van der Waals surface area contributed by atoms with Gasteiger partial charge in [-0.15, -0.1) is 0 Å². The van der Waals surface area contributed by atoms with Gasteiger partial charge in [0.05, 0.1) is 6.42 Å². The summed E-state index contributed by atoms with van der Waals surface area (Å²) in [7, 11) is 0. The van der Waals surface area contributed by atoms with Crippen molar-refractivity contribution >= 4 is 16.8 Å². The second-order valence-corrected chi connectivity index (χ2v) is 6.68. The molecule has 2 aromatic heterocycles. The van der Waals surface area contributed by atoms with Crippen molar-refractivity contribution in [2.75, 3.05) is 6.54 Å². The highest BCUT2D eigenvalue weighted by Crippen LogP contribution is 2.26. The zero-order chi connectivity index (χ0) is 17.8. The van der Waals surface area contributed by atoms with Crippen LogP contribution < -0.4 is 5.32 Å². The van der Waals surface area contributed by atoms with E-state index in [1.54, 1.807) is 6.20 Å². The molecule has 0 radical (unpaired) electrons. The van der Waals surface area contributed by atoms with E-state index in [9.17, 15) is 4.79 Å². The van der Waals surface area contributed by atoms with Gasteiger partial charge in [0.15, 0.2) is 0 Å². The largest absolute Gasteiger partial charge is 0.358 e. The Kier molecular flexibility index (Phi) is 5.17. The summed E-state index contributed by atoms with van der Waals surface area (Å²) in [5, 5.41) is 4.20. The zero-order valence-corrected chi connectivity index (χ0v) is 15.1. The van der Waals surface area contributed by atoms with Crippen molar-refractivity contribution in [1.82, 2.24) is 15.3 Å². The molecule has 0 fully saturated rings. The minimum absolute atomic E-state index is 0.0733. The van der Waals surface area contributed by atoms with Gasteiger partial charge in [-0.25, -0.2) is 0 Å². The van der Waals surface area contributed by atoms with E-state index in [2.05, 4.69) is 41.3 Å². The summed E-state index contributed by atoms with van der Waals surface area (Å²) in [5.41, 5.74) is 6.83. The van der Waals surface area contributed by atoms with Gasteiger partial charge in [0, 0.05) is 35.0 Å². The third kappa shape index (κ3) is 4.08. The predicted molar refractivity (Wildman–Crippen MR) is 102 cm³/mol. The number of H-pyrrole nitrogens is 1. The summed E-state index contributed by atoms with van der Waals surface area (Å²) in [4.78, 5) is 20.1. The smallest absolute Gasteiger partial charge is 0.224 e. The molecule has 1 aromatic carbocycles. The van der Waals surface area contributed by atoms with E-state index in [0.29, 0.717) is 13.0 Å². The van der Waals surface area contributed by atoms with E-state index in [1.165, 1.54) is 16.5 Å². The monoisotopic (exact) mass is 335 g/mol. The Labute approximate surface area is 148 Å². The molecule has 0 aliphatic rings. The predicted octanol–water partition coefficient (Wildman–Crippen LogP) is 3.78. The van der Waals surface area contributed by atoms with Crippen molar-refractivity contribution < 1.29 is 4.79 Å². The lowest BCUT2D eigenvalue weighted by Gasteiger charge is -2.06. The molecule has 4 heteroatoms. The van der Waals surface area contributed by atoms with Crippen LogP contribution in [0.1, 0.15) is 34.5 Å². The van der Waals surface area contributed by atoms with Gasteiger partial charge in [-0.2, -0.15) is 0 Å². The lowest BCUT2D eigenvalue weighted by atomic mass is 10.0. The third-order valence-corrected chi connectivity index (χ3v) is 4.57. The van der Waals surface area contributed by atoms with Crippen LogP contribution in [-0.2, 0) is 17.6 Å². The third-order valence-electron chi connectivity index (χ3n) is 4.57. The van der Waals surface area contributed by atoms with Crippen LogP contribution in [0.3, 0.4) is 0 Å². The highest BCUT2D eigenvalue weighted by molar-refractivity contribution is 5.92. The number of carbonyl (C=O) groups is 1. The number of hydrogen-bond donors (Lipinski definition) is 2. The molecule has 1 amide bonds. The van der Waals surface area contributed by atoms with Crippen LogP contribution in [0.25, 0.3) is 10.9 Å². The first-order valence-corrected chi connectivity index (χ1v) is 8.79. The van der Waals surface area contributed by atoms with Gasteiger partial charge in [-0.3, -0.25) is 9.78 Å². The first-order valence-electron chi connectivity index (χ1n) is 8.79. The van der Waals surface area contributed by atoms with Gasteiger partial charge in [-0.05, 0) is 62.9 Å². The molecule has 25 heavy (non-hydrogen) atoms. The Hall–Kier alpha value is -2.62. The number of rotatable bonds is 6. The van der Waals surface area contributed by atoms with Gasteiger partial charge in [-0.1, -0.05) is 17.7 Å². The lowest BCUT2D eigenvalue weighted by Crippen LogP contribution is -2.26. The maximum atomic E-state index is 12.3. The molecule has 0 saturated carbocycles. The SMILES string of the molecule is Cc1cc(C)c2[nH]c(C)c(CC(=O)NCCCc3ccccn3)c2c1. The minimum Gasteiger partial charge on any atom is -0.358 e. The second kappa shape index (κ2) is 7.51. The van der Waals surface area contributed by atoms with Crippen molar-refractivity contribution in [3.63, 3.8) is 0 Å². The van der Waals surface area contributed by atoms with Crippen molar-refractivity contribution in [3.8, 4) is 0 Å². The molecule has 0 atom stereocenters. The average molecular weight is 335 g/mol. The van der Waals surface area contributed by atoms with Crippen molar-refractivity contribution in [3.05, 3.63) is 64.6 Å². The number of benzene rings is 1. The molecule has 0 saturated heterocycles. The van der Waals surface area contributed by atoms with Crippen LogP contribution in [0.4, 0.5) is 0 Å². The lowest BCUT2D eigenvalue weighted by molar-refractivity contribution is -0.120. The molecule has 3 aromatic rings. The molecule has 0 spiro atoms. The molecule has 3 rings (SSSR count). The summed E-state index contributed by atoms with van der Waals surface area (Å²) >= 11 is 0. The molecule has 0 unspecified atom stereocenters. The molecular formula is C21H25N3O. The molecule has 2 heterocycles. The van der Waals surface area contributed by atoms with Crippen molar-refractivity contribution in [2.24, 2.45) is 0 Å². The molecule has 2 N–H and O–H groups in total. The maximum Gasteiger partial charge on any atom is 0.224 e. The Bertz CT molecular complexity index is 881. The van der Waals surface area contributed by atoms with Crippen LogP contribution in [0, 0.1) is 20.8 Å². The fourth-order valence-corrected chi connectivity index (χ4v) is 3.33. The summed E-state index contributed by atoms with van der Waals surface area (Å²) < 4.78 is 0. The van der Waals surface area contributed by atoms with Gasteiger partial charge < -0.3 is 10.3 Å². The van der Waals surface area contributed by atoms with E-state index in [1.807, 2.05) is 25.1 Å². The van der Waals surface area contributed by atoms with E-state index in [0.717, 1.165) is 35.3 Å². The molecule has 130 valence electrons. The quantitative estimate of drug-likeness (QED) is 0.674. The number of pyridine rings is 1. The van der Waals surface area contributed by atoms with Gasteiger partial charge in [0.2, 0.25) is 5.91 Å². The topological polar surface area (TPSA) is 57.8 Å². The van der Waals surface area contributed by atoms with Crippen LogP contribution in [0.5, 0.6) is 0 Å². The highest BCUT2D eigenvalue weighted by Gasteiger charge is 2.14. The first-order chi connectivity index (χ1) is 12.0. The number of aryl methyl sites for hydroxylation is 4. The number of fused-ring (bicyclic) bond motifs is 1. The zero-order valence-electron chi connectivity index (χ0n) is 15.1. The Morgan fingerprint density at radius 2 is 2.04 bits per heavy atom. The van der Waals surface area contributed by atoms with Crippen LogP contribution in [-0.4, -0.2) is 22.4 Å². The summed E-state index contributed by atoms with van der Waals surface area (Å²) in [6, 6.07) is 10.2. The molecule has 0 aliphatic heterocycles. The van der Waals surface area contributed by atoms with E-state index < -0.39 is 0 Å². The number of hydrogen-bond acceptors (Lipinski definition) is 2. The second-order valence-electron chi connectivity index (χ2n) is 6.68. The van der Waals surface area contributed by atoms with Crippen LogP contribution >= 0.6 is 0 Å². The van der Waals surface area contributed by atoms with Gasteiger partial charge >= 0.3 is 0 Å². The number of aromatic nitrogens is 2. The minimum atomic E-state index is 0.0733. The van der Waals surface area contributed by atoms with Crippen LogP contribution in [0.2, 0.25) is 0 Å². The number of nitrogens with one attached hydrogen (secondary N) is 2. The average Bonchev–Trinajstić information content (AvgIpc) is 2.89. The summed E-state index contributed by atoms with van der Waals surface area (Å²) in [5.74, 6) is 0.0733. The van der Waals surface area contributed by atoms with Crippen molar-refractivity contribution in [2.45, 2.75) is 40.0 Å². The summed E-state index contributed by atoms with van der Waals surface area (Å²) in [6.45, 7) is 6.91. The van der Waals surface area contributed by atoms with E-state index in [4.69, 9.17) is 0 Å². The molecule has 4 nitrogen and oxygen atoms in total. The number of aromatic amines is 1. The Morgan fingerprint density at radius 1 is 1.20 bits per heavy atom. The first kappa shape index (κ1) is 17.2.